The second-order valence-corrected chi connectivity index (χ2v) is 11.8. The Balaban J connectivity index is 1.11. The van der Waals surface area contributed by atoms with E-state index in [0.717, 1.165) is 78.5 Å². The molecule has 2 amide bonds. The van der Waals surface area contributed by atoms with Crippen molar-refractivity contribution in [3.05, 3.63) is 66.2 Å². The first-order valence-corrected chi connectivity index (χ1v) is 14.7. The van der Waals surface area contributed by atoms with Crippen LogP contribution in [0.25, 0.3) is 20.8 Å². The number of pyridine rings is 2. The highest BCUT2D eigenvalue weighted by atomic mass is 32.1. The molecule has 41 heavy (non-hydrogen) atoms. The van der Waals surface area contributed by atoms with E-state index in [9.17, 15) is 14.3 Å². The van der Waals surface area contributed by atoms with Crippen molar-refractivity contribution in [3.63, 3.8) is 0 Å². The van der Waals surface area contributed by atoms with Crippen molar-refractivity contribution in [2.75, 3.05) is 38.0 Å². The summed E-state index contributed by atoms with van der Waals surface area (Å²) in [5, 5.41) is 15.1. The summed E-state index contributed by atoms with van der Waals surface area (Å²) in [6, 6.07) is 12.1. The predicted molar refractivity (Wildman–Crippen MR) is 158 cm³/mol. The number of amides is 2. The zero-order chi connectivity index (χ0) is 28.3. The molecule has 9 nitrogen and oxygen atoms in total. The van der Waals surface area contributed by atoms with E-state index >= 15 is 0 Å². The maximum atomic E-state index is 14.9. The molecule has 4 aromatic rings. The summed E-state index contributed by atoms with van der Waals surface area (Å²) in [7, 11) is 0. The highest BCUT2D eigenvalue weighted by molar-refractivity contribution is 7.22. The van der Waals surface area contributed by atoms with Crippen LogP contribution in [0, 0.1) is 5.82 Å². The molecule has 1 atom stereocenters. The van der Waals surface area contributed by atoms with Gasteiger partial charge in [-0.25, -0.2) is 9.18 Å². The number of aliphatic hydroxyl groups is 1. The molecule has 1 saturated carbocycles. The Morgan fingerprint density at radius 2 is 1.90 bits per heavy atom. The van der Waals surface area contributed by atoms with Crippen LogP contribution in [-0.2, 0) is 6.54 Å². The van der Waals surface area contributed by atoms with Crippen molar-refractivity contribution in [2.24, 2.45) is 0 Å². The zero-order valence-electron chi connectivity index (χ0n) is 22.8. The molecule has 0 radical (unpaired) electrons. The molecule has 3 aromatic heterocycles. The van der Waals surface area contributed by atoms with E-state index < -0.39 is 5.82 Å². The third-order valence-corrected chi connectivity index (χ3v) is 8.33. The number of ether oxygens (including phenoxy) is 1. The second kappa shape index (κ2) is 12.1. The molecule has 0 spiro atoms. The molecule has 6 rings (SSSR count). The van der Waals surface area contributed by atoms with Crippen LogP contribution in [0.4, 0.5) is 14.9 Å². The Morgan fingerprint density at radius 1 is 1.10 bits per heavy atom. The first-order chi connectivity index (χ1) is 19.9. The van der Waals surface area contributed by atoms with Gasteiger partial charge in [-0.2, -0.15) is 0 Å². The van der Waals surface area contributed by atoms with Crippen molar-refractivity contribution in [1.82, 2.24) is 25.1 Å². The first-order valence-electron chi connectivity index (χ1n) is 13.9. The molecule has 1 aromatic carbocycles. The van der Waals surface area contributed by atoms with Crippen LogP contribution in [0.3, 0.4) is 0 Å². The van der Waals surface area contributed by atoms with Gasteiger partial charge in [0.2, 0.25) is 0 Å². The third kappa shape index (κ3) is 6.99. The summed E-state index contributed by atoms with van der Waals surface area (Å²) >= 11 is 1.50. The number of aliphatic hydroxyl groups excluding tert-OH is 1. The van der Waals surface area contributed by atoms with Gasteiger partial charge < -0.3 is 20.5 Å². The van der Waals surface area contributed by atoms with Crippen molar-refractivity contribution < 1.29 is 19.0 Å². The minimum absolute atomic E-state index is 0.0646. The lowest BCUT2D eigenvalue weighted by Gasteiger charge is -2.35. The summed E-state index contributed by atoms with van der Waals surface area (Å²) in [5.74, 6) is -0.00365. The number of carbonyl (C=O) groups is 1. The SMILES string of the molecule is CC(O)CN1CCN(Cc2ccc(-c3cc4nccc(Oc5ccc(NC(=O)NC6CC6)cc5F)c4s3)nc2)CC1. The van der Waals surface area contributed by atoms with Crippen molar-refractivity contribution in [1.29, 1.82) is 0 Å². The van der Waals surface area contributed by atoms with Crippen molar-refractivity contribution >= 4 is 33.3 Å². The molecule has 3 N–H and O–H groups in total. The van der Waals surface area contributed by atoms with Gasteiger partial charge in [0.05, 0.1) is 26.9 Å². The van der Waals surface area contributed by atoms with Gasteiger partial charge in [0.1, 0.15) is 5.75 Å². The fourth-order valence-corrected chi connectivity index (χ4v) is 5.95. The smallest absolute Gasteiger partial charge is 0.319 e. The van der Waals surface area contributed by atoms with Gasteiger partial charge in [-0.1, -0.05) is 6.07 Å². The molecular formula is C30H33FN6O3S. The Morgan fingerprint density at radius 3 is 2.61 bits per heavy atom. The molecule has 2 fully saturated rings. The quantitative estimate of drug-likeness (QED) is 0.256. The number of β-amino-alcohol motifs (C(OH)–C–C–N with tert-alkyl or cyclic N) is 1. The fourth-order valence-electron chi connectivity index (χ4n) is 4.91. The van der Waals surface area contributed by atoms with Crippen LogP contribution < -0.4 is 15.4 Å². The van der Waals surface area contributed by atoms with Gasteiger partial charge in [-0.05, 0) is 49.6 Å². The number of anilines is 1. The van der Waals surface area contributed by atoms with E-state index in [4.69, 9.17) is 9.72 Å². The number of nitrogens with one attached hydrogen (secondary N) is 2. The lowest BCUT2D eigenvalue weighted by Crippen LogP contribution is -2.47. The third-order valence-electron chi connectivity index (χ3n) is 7.17. The molecule has 1 saturated heterocycles. The molecule has 0 bridgehead atoms. The number of benzene rings is 1. The highest BCUT2D eigenvalue weighted by Gasteiger charge is 2.23. The van der Waals surface area contributed by atoms with E-state index in [-0.39, 0.29) is 23.9 Å². The van der Waals surface area contributed by atoms with Gasteiger partial charge in [-0.15, -0.1) is 11.3 Å². The molecule has 4 heterocycles. The Labute approximate surface area is 242 Å². The molecule has 11 heteroatoms. The monoisotopic (exact) mass is 576 g/mol. The van der Waals surface area contributed by atoms with Gasteiger partial charge in [0, 0.05) is 75.5 Å². The number of rotatable bonds is 9. The lowest BCUT2D eigenvalue weighted by molar-refractivity contribution is 0.0780. The van der Waals surface area contributed by atoms with Gasteiger partial charge in [0.15, 0.2) is 11.6 Å². The normalized spacial score (nSPS) is 17.0. The minimum atomic E-state index is -0.572. The van der Waals surface area contributed by atoms with Crippen LogP contribution in [0.1, 0.15) is 25.3 Å². The maximum Gasteiger partial charge on any atom is 0.319 e. The summed E-state index contributed by atoms with van der Waals surface area (Å²) < 4.78 is 21.6. The zero-order valence-corrected chi connectivity index (χ0v) is 23.7. The average Bonchev–Trinajstić information content (AvgIpc) is 3.65. The number of urea groups is 1. The number of halogens is 1. The number of aromatic nitrogens is 2. The maximum absolute atomic E-state index is 14.9. The second-order valence-electron chi connectivity index (χ2n) is 10.7. The minimum Gasteiger partial charge on any atom is -0.453 e. The largest absolute Gasteiger partial charge is 0.453 e. The van der Waals surface area contributed by atoms with Crippen LogP contribution in [0.15, 0.2) is 54.9 Å². The van der Waals surface area contributed by atoms with Gasteiger partial charge in [0.25, 0.3) is 0 Å². The molecule has 1 unspecified atom stereocenters. The molecule has 214 valence electrons. The molecule has 2 aliphatic rings. The first kappa shape index (κ1) is 27.5. The molecule has 1 aliphatic carbocycles. The van der Waals surface area contributed by atoms with Crippen molar-refractivity contribution in [3.8, 4) is 22.1 Å². The highest BCUT2D eigenvalue weighted by Crippen LogP contribution is 2.39. The lowest BCUT2D eigenvalue weighted by atomic mass is 10.2. The average molecular weight is 577 g/mol. The van der Waals surface area contributed by atoms with Crippen molar-refractivity contribution in [2.45, 2.75) is 38.5 Å². The van der Waals surface area contributed by atoms with Crippen LogP contribution in [0.2, 0.25) is 0 Å². The summed E-state index contributed by atoms with van der Waals surface area (Å²) in [6.07, 6.45) is 5.22. The van der Waals surface area contributed by atoms with E-state index in [2.05, 4.69) is 31.5 Å². The number of carbonyl (C=O) groups excluding carboxylic acids is 1. The molecule has 1 aliphatic heterocycles. The van der Waals surface area contributed by atoms with E-state index in [0.29, 0.717) is 11.4 Å². The van der Waals surface area contributed by atoms with E-state index in [1.165, 1.54) is 23.5 Å². The van der Waals surface area contributed by atoms with Crippen LogP contribution in [-0.4, -0.2) is 75.8 Å². The number of fused-ring (bicyclic) bond motifs is 1. The van der Waals surface area contributed by atoms with Crippen LogP contribution in [0.5, 0.6) is 11.5 Å². The Bertz CT molecular complexity index is 1520. The van der Waals surface area contributed by atoms with E-state index in [1.807, 2.05) is 25.3 Å². The van der Waals surface area contributed by atoms with Crippen LogP contribution >= 0.6 is 11.3 Å². The standard InChI is InChI=1S/C30H33FN6O3S/c1-19(38)17-36-10-12-37(13-11-36)18-20-2-6-24(33-16-20)28-15-25-29(41-28)27(8-9-32-25)40-26-7-5-22(14-23(26)31)35-30(39)34-21-3-4-21/h2,5-9,14-16,19,21,38H,3-4,10-13,17-18H2,1H3,(H2,34,35,39). The predicted octanol–water partition coefficient (Wildman–Crippen LogP) is 5.07. The number of piperazine rings is 1. The van der Waals surface area contributed by atoms with Gasteiger partial charge in [-0.3, -0.25) is 19.8 Å². The molecular weight excluding hydrogens is 543 g/mol. The van der Waals surface area contributed by atoms with Gasteiger partial charge >= 0.3 is 6.03 Å². The summed E-state index contributed by atoms with van der Waals surface area (Å²) in [4.78, 5) is 26.8. The van der Waals surface area contributed by atoms with E-state index in [1.54, 1.807) is 18.3 Å². The summed E-state index contributed by atoms with van der Waals surface area (Å²) in [5.41, 5.74) is 3.10. The number of hydrogen-bond acceptors (Lipinski definition) is 8. The number of thiophene rings is 1. The Kier molecular flexibility index (Phi) is 8.11. The Hall–Kier alpha value is -3.64. The summed E-state index contributed by atoms with van der Waals surface area (Å²) in [6.45, 7) is 7.24. The topological polar surface area (TPSA) is 103 Å². The fraction of sp³-hybridized carbons (Fsp3) is 0.367. The number of nitrogens with zero attached hydrogens (tertiary/aromatic N) is 4. The number of hydrogen-bond donors (Lipinski definition) is 3.